The van der Waals surface area contributed by atoms with Crippen LogP contribution in [0.3, 0.4) is 0 Å². The third-order valence-electron chi connectivity index (χ3n) is 2.20. The first-order valence-corrected chi connectivity index (χ1v) is 5.65. The van der Waals surface area contributed by atoms with Gasteiger partial charge < -0.3 is 10.0 Å². The number of hydrogen-bond donors (Lipinski definition) is 1. The summed E-state index contributed by atoms with van der Waals surface area (Å²) < 4.78 is 0. The molecule has 1 N–H and O–H groups in total. The summed E-state index contributed by atoms with van der Waals surface area (Å²) in [6, 6.07) is 0. The van der Waals surface area contributed by atoms with Crippen LogP contribution in [0, 0.1) is 0 Å². The van der Waals surface area contributed by atoms with E-state index < -0.39 is 5.97 Å². The summed E-state index contributed by atoms with van der Waals surface area (Å²) in [6.45, 7) is 9.33. The van der Waals surface area contributed by atoms with Crippen LogP contribution in [-0.4, -0.2) is 34.1 Å². The van der Waals surface area contributed by atoms with E-state index in [4.69, 9.17) is 5.11 Å². The predicted octanol–water partition coefficient (Wildman–Crippen LogP) is 1.98. The predicted molar refractivity (Wildman–Crippen MR) is 71.4 cm³/mol. The fraction of sp³-hybridized carbons (Fsp3) is 0.308. The Kier molecular flexibility index (Phi) is 5.05. The average Bonchev–Trinajstić information content (AvgIpc) is 2.34. The molecule has 0 unspecified atom stereocenters. The van der Waals surface area contributed by atoms with Gasteiger partial charge >= 0.3 is 5.97 Å². The molecule has 0 spiro atoms. The lowest BCUT2D eigenvalue weighted by Crippen LogP contribution is -2.26. The van der Waals surface area contributed by atoms with Crippen molar-refractivity contribution in [2.45, 2.75) is 13.8 Å². The van der Waals surface area contributed by atoms with Crippen LogP contribution >= 0.6 is 0 Å². The molecule has 1 aromatic rings. The number of carboxylic acid groups (broad SMARTS) is 1. The maximum absolute atomic E-state index is 10.4. The van der Waals surface area contributed by atoms with Crippen molar-refractivity contribution in [2.75, 3.05) is 18.0 Å². The minimum atomic E-state index is -0.989. The van der Waals surface area contributed by atoms with Crippen LogP contribution in [0.25, 0.3) is 6.08 Å². The highest BCUT2D eigenvalue weighted by molar-refractivity contribution is 5.85. The number of carbonyl (C=O) groups is 1. The lowest BCUT2D eigenvalue weighted by Gasteiger charge is -2.20. The molecule has 0 amide bonds. The first-order valence-electron chi connectivity index (χ1n) is 5.65. The summed E-state index contributed by atoms with van der Waals surface area (Å²) in [5, 5.41) is 8.51. The van der Waals surface area contributed by atoms with Crippen LogP contribution in [0.1, 0.15) is 19.4 Å². The second-order valence-electron chi connectivity index (χ2n) is 3.96. The summed E-state index contributed by atoms with van der Waals surface area (Å²) in [5.41, 5.74) is 1.70. The second-order valence-corrected chi connectivity index (χ2v) is 3.96. The number of hydrogen-bond acceptors (Lipinski definition) is 4. The lowest BCUT2D eigenvalue weighted by molar-refractivity contribution is -0.131. The van der Waals surface area contributed by atoms with Crippen molar-refractivity contribution in [3.63, 3.8) is 0 Å². The highest BCUT2D eigenvalue weighted by atomic mass is 16.4. The Morgan fingerprint density at radius 3 is 2.56 bits per heavy atom. The van der Waals surface area contributed by atoms with Gasteiger partial charge in [-0.05, 0) is 19.9 Å². The summed E-state index contributed by atoms with van der Waals surface area (Å²) in [6.07, 6.45) is 5.72. The van der Waals surface area contributed by atoms with E-state index >= 15 is 0 Å². The third-order valence-corrected chi connectivity index (χ3v) is 2.20. The molecule has 0 saturated carbocycles. The normalized spacial score (nSPS) is 10.6. The Hall–Kier alpha value is -2.17. The molecule has 0 bridgehead atoms. The molecule has 1 aromatic heterocycles. The van der Waals surface area contributed by atoms with E-state index in [1.807, 2.05) is 18.7 Å². The molecule has 0 aliphatic carbocycles. The van der Waals surface area contributed by atoms with Crippen molar-refractivity contribution in [1.29, 1.82) is 0 Å². The third kappa shape index (κ3) is 4.37. The van der Waals surface area contributed by atoms with E-state index in [-0.39, 0.29) is 0 Å². The molecule has 0 saturated heterocycles. The summed E-state index contributed by atoms with van der Waals surface area (Å²) in [4.78, 5) is 20.8. The molecule has 96 valence electrons. The van der Waals surface area contributed by atoms with Crippen molar-refractivity contribution in [3.8, 4) is 0 Å². The van der Waals surface area contributed by atoms with E-state index in [1.54, 1.807) is 12.4 Å². The SMILES string of the molecule is C=C(C)CN(CC)c1ncc(/C=C/C(=O)O)cn1. The van der Waals surface area contributed by atoms with Crippen molar-refractivity contribution in [3.05, 3.63) is 36.2 Å². The zero-order chi connectivity index (χ0) is 13.5. The molecule has 0 aliphatic rings. The van der Waals surface area contributed by atoms with Gasteiger partial charge in [0.1, 0.15) is 0 Å². The number of rotatable bonds is 6. The first-order chi connectivity index (χ1) is 8.52. The molecule has 0 fully saturated rings. The highest BCUT2D eigenvalue weighted by Gasteiger charge is 2.06. The Labute approximate surface area is 106 Å². The van der Waals surface area contributed by atoms with Gasteiger partial charge in [0.25, 0.3) is 0 Å². The molecule has 0 aliphatic heterocycles. The van der Waals surface area contributed by atoms with E-state index in [2.05, 4.69) is 16.5 Å². The van der Waals surface area contributed by atoms with Crippen molar-refractivity contribution >= 4 is 18.0 Å². The first kappa shape index (κ1) is 13.9. The number of nitrogens with zero attached hydrogens (tertiary/aromatic N) is 3. The molecule has 18 heavy (non-hydrogen) atoms. The van der Waals surface area contributed by atoms with Crippen LogP contribution < -0.4 is 4.90 Å². The molecule has 5 nitrogen and oxygen atoms in total. The molecular weight excluding hydrogens is 230 g/mol. The fourth-order valence-electron chi connectivity index (χ4n) is 1.40. The summed E-state index contributed by atoms with van der Waals surface area (Å²) >= 11 is 0. The quantitative estimate of drug-likeness (QED) is 0.615. The fourth-order valence-corrected chi connectivity index (χ4v) is 1.40. The van der Waals surface area contributed by atoms with Crippen molar-refractivity contribution in [1.82, 2.24) is 9.97 Å². The Bertz CT molecular complexity index is 452. The van der Waals surface area contributed by atoms with E-state index in [9.17, 15) is 4.79 Å². The Morgan fingerprint density at radius 1 is 1.50 bits per heavy atom. The zero-order valence-corrected chi connectivity index (χ0v) is 10.6. The number of likely N-dealkylation sites (N-methyl/N-ethyl adjacent to an activating group) is 1. The van der Waals surface area contributed by atoms with E-state index in [0.29, 0.717) is 18.1 Å². The number of carboxylic acids is 1. The Morgan fingerprint density at radius 2 is 2.11 bits per heavy atom. The number of anilines is 1. The van der Waals surface area contributed by atoms with Crippen LogP contribution in [0.2, 0.25) is 0 Å². The summed E-state index contributed by atoms with van der Waals surface area (Å²) in [7, 11) is 0. The molecule has 0 atom stereocenters. The smallest absolute Gasteiger partial charge is 0.328 e. The van der Waals surface area contributed by atoms with Crippen LogP contribution in [0.4, 0.5) is 5.95 Å². The molecule has 1 rings (SSSR count). The van der Waals surface area contributed by atoms with Gasteiger partial charge in [0.15, 0.2) is 0 Å². The van der Waals surface area contributed by atoms with Crippen molar-refractivity contribution < 1.29 is 9.90 Å². The molecule has 1 heterocycles. The number of aliphatic carboxylic acids is 1. The van der Waals surface area contributed by atoms with Gasteiger partial charge in [-0.2, -0.15) is 0 Å². The zero-order valence-electron chi connectivity index (χ0n) is 10.6. The van der Waals surface area contributed by atoms with Crippen LogP contribution in [0.5, 0.6) is 0 Å². The van der Waals surface area contributed by atoms with Gasteiger partial charge in [0.05, 0.1) is 0 Å². The van der Waals surface area contributed by atoms with Gasteiger partial charge in [-0.25, -0.2) is 14.8 Å². The maximum Gasteiger partial charge on any atom is 0.328 e. The van der Waals surface area contributed by atoms with Gasteiger partial charge in [-0.3, -0.25) is 0 Å². The van der Waals surface area contributed by atoms with E-state index in [1.165, 1.54) is 6.08 Å². The highest BCUT2D eigenvalue weighted by Crippen LogP contribution is 2.09. The second kappa shape index (κ2) is 6.54. The van der Waals surface area contributed by atoms with Gasteiger partial charge in [-0.1, -0.05) is 12.2 Å². The molecule has 5 heteroatoms. The summed E-state index contributed by atoms with van der Waals surface area (Å²) in [5.74, 6) is -0.371. The largest absolute Gasteiger partial charge is 0.478 e. The van der Waals surface area contributed by atoms with Crippen LogP contribution in [-0.2, 0) is 4.79 Å². The topological polar surface area (TPSA) is 66.3 Å². The molecule has 0 aromatic carbocycles. The molecule has 0 radical (unpaired) electrons. The van der Waals surface area contributed by atoms with Gasteiger partial charge in [0, 0.05) is 37.1 Å². The van der Waals surface area contributed by atoms with E-state index in [0.717, 1.165) is 18.2 Å². The number of aromatic nitrogens is 2. The average molecular weight is 247 g/mol. The maximum atomic E-state index is 10.4. The van der Waals surface area contributed by atoms with Crippen LogP contribution in [0.15, 0.2) is 30.6 Å². The lowest BCUT2D eigenvalue weighted by atomic mass is 10.3. The minimum absolute atomic E-state index is 0.618. The standard InChI is InChI=1S/C13H17N3O2/c1-4-16(9-10(2)3)13-14-7-11(8-15-13)5-6-12(17)18/h5-8H,2,4,9H2,1,3H3,(H,17,18)/b6-5+. The van der Waals surface area contributed by atoms with Crippen molar-refractivity contribution in [2.24, 2.45) is 0 Å². The Balaban J connectivity index is 2.80. The van der Waals surface area contributed by atoms with Gasteiger partial charge in [0.2, 0.25) is 5.95 Å². The molecular formula is C13H17N3O2. The van der Waals surface area contributed by atoms with Gasteiger partial charge in [-0.15, -0.1) is 0 Å². The minimum Gasteiger partial charge on any atom is -0.478 e. The monoisotopic (exact) mass is 247 g/mol.